The topological polar surface area (TPSA) is 9.23 Å². The second-order valence-electron chi connectivity index (χ2n) is 3.29. The van der Waals surface area contributed by atoms with E-state index in [0.717, 1.165) is 0 Å². The van der Waals surface area contributed by atoms with Gasteiger partial charge in [0.25, 0.3) is 0 Å². The second kappa shape index (κ2) is 4.24. The molecule has 0 unspecified atom stereocenters. The average Bonchev–Trinajstić information content (AvgIpc) is 2.17. The van der Waals surface area contributed by atoms with Crippen molar-refractivity contribution in [1.82, 2.24) is 0 Å². The van der Waals surface area contributed by atoms with Gasteiger partial charge in [0.1, 0.15) is 11.2 Å². The summed E-state index contributed by atoms with van der Waals surface area (Å²) < 4.78 is 5.75. The standard InChI is InChI=1S/C12H18O/c1-7-11(5,8-2)13-12(6,9-3)10-4/h7-10H,1-4H2,5-6H3. The molecule has 0 amide bonds. The van der Waals surface area contributed by atoms with E-state index in [1.807, 2.05) is 13.8 Å². The van der Waals surface area contributed by atoms with Gasteiger partial charge in [0.15, 0.2) is 0 Å². The highest BCUT2D eigenvalue weighted by molar-refractivity contribution is 5.14. The fraction of sp³-hybridized carbons (Fsp3) is 0.333. The molecule has 0 radical (unpaired) electrons. The Morgan fingerprint density at radius 1 is 0.769 bits per heavy atom. The van der Waals surface area contributed by atoms with Crippen molar-refractivity contribution in [2.75, 3.05) is 0 Å². The Bertz CT molecular complexity index is 185. The Hall–Kier alpha value is -1.08. The van der Waals surface area contributed by atoms with Crippen molar-refractivity contribution >= 4 is 0 Å². The molecule has 72 valence electrons. The summed E-state index contributed by atoms with van der Waals surface area (Å²) in [6.45, 7) is 18.5. The number of ether oxygens (including phenoxy) is 1. The molecule has 0 rings (SSSR count). The molecule has 0 aliphatic rings. The fourth-order valence-corrected chi connectivity index (χ4v) is 0.807. The van der Waals surface area contributed by atoms with E-state index in [9.17, 15) is 0 Å². The third-order valence-electron chi connectivity index (χ3n) is 2.06. The molecule has 0 bridgehead atoms. The van der Waals surface area contributed by atoms with Gasteiger partial charge in [0.05, 0.1) is 0 Å². The maximum absolute atomic E-state index is 5.75. The van der Waals surface area contributed by atoms with Gasteiger partial charge in [-0.15, -0.1) is 0 Å². The van der Waals surface area contributed by atoms with Gasteiger partial charge in [0, 0.05) is 0 Å². The monoisotopic (exact) mass is 178 g/mol. The van der Waals surface area contributed by atoms with Gasteiger partial charge in [-0.3, -0.25) is 0 Å². The Labute approximate surface area is 81.1 Å². The molecule has 0 aliphatic heterocycles. The predicted octanol–water partition coefficient (Wildman–Crippen LogP) is 3.26. The molecule has 0 heterocycles. The lowest BCUT2D eigenvalue weighted by atomic mass is 10.0. The molecule has 13 heavy (non-hydrogen) atoms. The van der Waals surface area contributed by atoms with Gasteiger partial charge in [-0.05, 0) is 13.8 Å². The minimum Gasteiger partial charge on any atom is -0.353 e. The van der Waals surface area contributed by atoms with E-state index in [1.165, 1.54) is 0 Å². The molecule has 0 saturated carbocycles. The van der Waals surface area contributed by atoms with Crippen molar-refractivity contribution in [3.8, 4) is 0 Å². The highest BCUT2D eigenvalue weighted by Crippen LogP contribution is 2.24. The smallest absolute Gasteiger partial charge is 0.103 e. The van der Waals surface area contributed by atoms with Crippen LogP contribution in [0, 0.1) is 0 Å². The minimum atomic E-state index is -0.545. The summed E-state index contributed by atoms with van der Waals surface area (Å²) in [5.41, 5.74) is -1.09. The first-order chi connectivity index (χ1) is 5.95. The summed E-state index contributed by atoms with van der Waals surface area (Å²) in [4.78, 5) is 0. The Balaban J connectivity index is 4.74. The van der Waals surface area contributed by atoms with Gasteiger partial charge in [-0.2, -0.15) is 0 Å². The van der Waals surface area contributed by atoms with Crippen LogP contribution in [0.25, 0.3) is 0 Å². The van der Waals surface area contributed by atoms with E-state index in [4.69, 9.17) is 4.74 Å². The van der Waals surface area contributed by atoms with Crippen LogP contribution in [0.15, 0.2) is 50.6 Å². The highest BCUT2D eigenvalue weighted by atomic mass is 16.5. The first kappa shape index (κ1) is 11.9. The summed E-state index contributed by atoms with van der Waals surface area (Å²) in [5.74, 6) is 0. The summed E-state index contributed by atoms with van der Waals surface area (Å²) in [5, 5.41) is 0. The molecule has 0 aromatic carbocycles. The van der Waals surface area contributed by atoms with Gasteiger partial charge in [-0.25, -0.2) is 0 Å². The zero-order valence-corrected chi connectivity index (χ0v) is 8.55. The minimum absolute atomic E-state index is 0.545. The third kappa shape index (κ3) is 3.03. The SMILES string of the molecule is C=CC(C)(C=C)OC(C)(C=C)C=C. The lowest BCUT2D eigenvalue weighted by molar-refractivity contribution is -0.0339. The molecule has 1 nitrogen and oxygen atoms in total. The van der Waals surface area contributed by atoms with Crippen molar-refractivity contribution in [2.45, 2.75) is 25.0 Å². The van der Waals surface area contributed by atoms with Crippen LogP contribution in [0.4, 0.5) is 0 Å². The molecular formula is C12H18O. The molecule has 0 N–H and O–H groups in total. The molecule has 1 heteroatoms. The number of hydrogen-bond donors (Lipinski definition) is 0. The zero-order valence-electron chi connectivity index (χ0n) is 8.55. The van der Waals surface area contributed by atoms with E-state index in [2.05, 4.69) is 26.3 Å². The van der Waals surface area contributed by atoms with Crippen molar-refractivity contribution in [1.29, 1.82) is 0 Å². The van der Waals surface area contributed by atoms with Crippen LogP contribution in [-0.4, -0.2) is 11.2 Å². The molecule has 0 saturated heterocycles. The van der Waals surface area contributed by atoms with Crippen LogP contribution in [-0.2, 0) is 4.74 Å². The van der Waals surface area contributed by atoms with E-state index in [-0.39, 0.29) is 0 Å². The largest absolute Gasteiger partial charge is 0.353 e. The summed E-state index contributed by atoms with van der Waals surface area (Å²) in [6, 6.07) is 0. The first-order valence-electron chi connectivity index (χ1n) is 4.20. The van der Waals surface area contributed by atoms with Crippen molar-refractivity contribution in [3.63, 3.8) is 0 Å². The van der Waals surface area contributed by atoms with Gasteiger partial charge in [-0.1, -0.05) is 50.6 Å². The molecule has 0 aliphatic carbocycles. The van der Waals surface area contributed by atoms with Crippen LogP contribution in [0.3, 0.4) is 0 Å². The maximum atomic E-state index is 5.75. The van der Waals surface area contributed by atoms with Crippen molar-refractivity contribution < 1.29 is 4.74 Å². The number of rotatable bonds is 6. The summed E-state index contributed by atoms with van der Waals surface area (Å²) in [7, 11) is 0. The van der Waals surface area contributed by atoms with E-state index >= 15 is 0 Å². The molecule has 0 atom stereocenters. The van der Waals surface area contributed by atoms with Crippen LogP contribution >= 0.6 is 0 Å². The lowest BCUT2D eigenvalue weighted by Crippen LogP contribution is -2.35. The average molecular weight is 178 g/mol. The molecular weight excluding hydrogens is 160 g/mol. The van der Waals surface area contributed by atoms with Crippen LogP contribution in [0.2, 0.25) is 0 Å². The van der Waals surface area contributed by atoms with Gasteiger partial charge >= 0.3 is 0 Å². The zero-order chi connectivity index (χ0) is 10.5. The Kier molecular flexibility index (Phi) is 3.89. The second-order valence-corrected chi connectivity index (χ2v) is 3.29. The normalized spacial score (nSPS) is 11.8. The summed E-state index contributed by atoms with van der Waals surface area (Å²) in [6.07, 6.45) is 6.80. The van der Waals surface area contributed by atoms with E-state index < -0.39 is 11.2 Å². The first-order valence-corrected chi connectivity index (χ1v) is 4.20. The van der Waals surface area contributed by atoms with Crippen molar-refractivity contribution in [3.05, 3.63) is 50.6 Å². The van der Waals surface area contributed by atoms with Crippen LogP contribution in [0.1, 0.15) is 13.8 Å². The van der Waals surface area contributed by atoms with Gasteiger partial charge in [0.2, 0.25) is 0 Å². The van der Waals surface area contributed by atoms with E-state index in [1.54, 1.807) is 24.3 Å². The molecule has 0 fully saturated rings. The van der Waals surface area contributed by atoms with Crippen molar-refractivity contribution in [2.24, 2.45) is 0 Å². The Morgan fingerprint density at radius 3 is 1.15 bits per heavy atom. The quantitative estimate of drug-likeness (QED) is 0.567. The fourth-order valence-electron chi connectivity index (χ4n) is 0.807. The Morgan fingerprint density at radius 2 is 1.00 bits per heavy atom. The highest BCUT2D eigenvalue weighted by Gasteiger charge is 2.26. The third-order valence-corrected chi connectivity index (χ3v) is 2.06. The van der Waals surface area contributed by atoms with Crippen LogP contribution < -0.4 is 0 Å². The van der Waals surface area contributed by atoms with Crippen LogP contribution in [0.5, 0.6) is 0 Å². The lowest BCUT2D eigenvalue weighted by Gasteiger charge is -2.32. The molecule has 0 aromatic heterocycles. The predicted molar refractivity (Wildman–Crippen MR) is 58.7 cm³/mol. The maximum Gasteiger partial charge on any atom is 0.103 e. The molecule has 0 spiro atoms. The summed E-state index contributed by atoms with van der Waals surface area (Å²) >= 11 is 0. The van der Waals surface area contributed by atoms with E-state index in [0.29, 0.717) is 0 Å². The van der Waals surface area contributed by atoms with Gasteiger partial charge < -0.3 is 4.74 Å². The number of hydrogen-bond acceptors (Lipinski definition) is 1. The molecule has 0 aromatic rings.